The maximum absolute atomic E-state index is 13.3. The van der Waals surface area contributed by atoms with E-state index in [1.54, 1.807) is 29.2 Å². The normalized spacial score (nSPS) is 13.0. The van der Waals surface area contributed by atoms with Crippen molar-refractivity contribution in [2.45, 2.75) is 12.8 Å². The number of nitrogens with zero attached hydrogens (tertiary/aromatic N) is 1. The monoisotopic (exact) mass is 392 g/mol. The number of carbonyl (C=O) groups is 2. The molecule has 4 rings (SSSR count). The van der Waals surface area contributed by atoms with E-state index in [9.17, 15) is 18.4 Å². The highest BCUT2D eigenvalue weighted by molar-refractivity contribution is 6.08. The van der Waals surface area contributed by atoms with Crippen LogP contribution in [0.2, 0.25) is 0 Å². The summed E-state index contributed by atoms with van der Waals surface area (Å²) in [5.41, 5.74) is 2.85. The van der Waals surface area contributed by atoms with E-state index >= 15 is 0 Å². The molecule has 1 heterocycles. The number of rotatable bonds is 3. The highest BCUT2D eigenvalue weighted by Crippen LogP contribution is 2.30. The molecule has 2 amide bonds. The zero-order chi connectivity index (χ0) is 20.4. The van der Waals surface area contributed by atoms with E-state index in [1.165, 1.54) is 42.5 Å². The lowest BCUT2D eigenvalue weighted by atomic mass is 9.98. The summed E-state index contributed by atoms with van der Waals surface area (Å²) in [6.07, 6.45) is 1.50. The predicted molar refractivity (Wildman–Crippen MR) is 107 cm³/mol. The average Bonchev–Trinajstić information content (AvgIpc) is 2.73. The van der Waals surface area contributed by atoms with E-state index in [0.717, 1.165) is 24.1 Å². The molecule has 0 spiro atoms. The van der Waals surface area contributed by atoms with Gasteiger partial charge in [0.25, 0.3) is 11.8 Å². The summed E-state index contributed by atoms with van der Waals surface area (Å²) >= 11 is 0. The van der Waals surface area contributed by atoms with Crippen LogP contribution in [0.25, 0.3) is 0 Å². The van der Waals surface area contributed by atoms with Crippen LogP contribution < -0.4 is 10.2 Å². The van der Waals surface area contributed by atoms with E-state index in [4.69, 9.17) is 0 Å². The quantitative estimate of drug-likeness (QED) is 0.695. The molecule has 6 heteroatoms. The standard InChI is InChI=1S/C23H18F2N2O2/c24-18-9-6-15(7-10-18)23(29)27-12-2-3-16-13-17(8-11-21(16)27)22(28)26-20-5-1-4-19(25)14-20/h1,4-11,13-14H,2-3,12H2,(H,26,28). The smallest absolute Gasteiger partial charge is 0.258 e. The number of nitrogens with one attached hydrogen (secondary N) is 1. The molecule has 1 aliphatic rings. The van der Waals surface area contributed by atoms with Crippen LogP contribution in [0.4, 0.5) is 20.2 Å². The highest BCUT2D eigenvalue weighted by atomic mass is 19.1. The number of halogens is 2. The first kappa shape index (κ1) is 18.8. The van der Waals surface area contributed by atoms with Crippen LogP contribution in [0.15, 0.2) is 66.7 Å². The van der Waals surface area contributed by atoms with Gasteiger partial charge in [0.1, 0.15) is 11.6 Å². The van der Waals surface area contributed by atoms with Crippen LogP contribution in [0.1, 0.15) is 32.7 Å². The SMILES string of the molecule is O=C(Nc1cccc(F)c1)c1ccc2c(c1)CCCN2C(=O)c1ccc(F)cc1. The van der Waals surface area contributed by atoms with Gasteiger partial charge in [-0.25, -0.2) is 8.78 Å². The predicted octanol–water partition coefficient (Wildman–Crippen LogP) is 4.81. The van der Waals surface area contributed by atoms with Crippen LogP contribution in [0.5, 0.6) is 0 Å². The molecule has 0 unspecified atom stereocenters. The van der Waals surface area contributed by atoms with Crippen molar-refractivity contribution in [3.8, 4) is 0 Å². The van der Waals surface area contributed by atoms with Gasteiger partial charge in [-0.05, 0) is 79.1 Å². The van der Waals surface area contributed by atoms with Crippen molar-refractivity contribution in [2.75, 3.05) is 16.8 Å². The Morgan fingerprint density at radius 3 is 2.38 bits per heavy atom. The molecule has 0 saturated carbocycles. The van der Waals surface area contributed by atoms with Gasteiger partial charge >= 0.3 is 0 Å². The Kier molecular flexibility index (Phi) is 5.08. The lowest BCUT2D eigenvalue weighted by molar-refractivity contribution is 0.0984. The lowest BCUT2D eigenvalue weighted by Crippen LogP contribution is -2.35. The minimum atomic E-state index is -0.428. The van der Waals surface area contributed by atoms with Crippen LogP contribution >= 0.6 is 0 Å². The first-order valence-electron chi connectivity index (χ1n) is 9.28. The minimum Gasteiger partial charge on any atom is -0.322 e. The Balaban J connectivity index is 1.57. The molecule has 4 nitrogen and oxygen atoms in total. The third-order valence-electron chi connectivity index (χ3n) is 4.88. The second-order valence-corrected chi connectivity index (χ2v) is 6.88. The Morgan fingerprint density at radius 2 is 1.62 bits per heavy atom. The maximum Gasteiger partial charge on any atom is 0.258 e. The summed E-state index contributed by atoms with van der Waals surface area (Å²) in [4.78, 5) is 27.0. The van der Waals surface area contributed by atoms with Crippen LogP contribution in [-0.2, 0) is 6.42 Å². The third kappa shape index (κ3) is 4.01. The molecule has 146 valence electrons. The molecule has 29 heavy (non-hydrogen) atoms. The van der Waals surface area contributed by atoms with E-state index < -0.39 is 11.6 Å². The molecule has 1 aliphatic heterocycles. The molecule has 0 aliphatic carbocycles. The first-order valence-corrected chi connectivity index (χ1v) is 9.28. The fraction of sp³-hybridized carbons (Fsp3) is 0.130. The fourth-order valence-corrected chi connectivity index (χ4v) is 3.47. The molecule has 0 fully saturated rings. The van der Waals surface area contributed by atoms with Gasteiger partial charge in [-0.3, -0.25) is 9.59 Å². The van der Waals surface area contributed by atoms with Crippen molar-refractivity contribution < 1.29 is 18.4 Å². The summed E-state index contributed by atoms with van der Waals surface area (Å²) < 4.78 is 26.5. The number of carbonyl (C=O) groups excluding carboxylic acids is 2. The molecule has 3 aromatic rings. The van der Waals surface area contributed by atoms with E-state index in [0.29, 0.717) is 23.4 Å². The number of benzene rings is 3. The van der Waals surface area contributed by atoms with Gasteiger partial charge in [0.2, 0.25) is 0 Å². The number of fused-ring (bicyclic) bond motifs is 1. The van der Waals surface area contributed by atoms with E-state index in [1.807, 2.05) is 0 Å². The minimum absolute atomic E-state index is 0.206. The van der Waals surface area contributed by atoms with E-state index in [-0.39, 0.29) is 11.8 Å². The summed E-state index contributed by atoms with van der Waals surface area (Å²) in [7, 11) is 0. The molecular weight excluding hydrogens is 374 g/mol. The van der Waals surface area contributed by atoms with E-state index in [2.05, 4.69) is 5.32 Å². The fourth-order valence-electron chi connectivity index (χ4n) is 3.47. The second kappa shape index (κ2) is 7.83. The molecule has 1 N–H and O–H groups in total. The van der Waals surface area contributed by atoms with Crippen LogP contribution in [-0.4, -0.2) is 18.4 Å². The molecule has 0 radical (unpaired) electrons. The zero-order valence-corrected chi connectivity index (χ0v) is 15.5. The Labute approximate surface area is 166 Å². The summed E-state index contributed by atoms with van der Waals surface area (Å²) in [6.45, 7) is 0.554. The van der Waals surface area contributed by atoms with Crippen LogP contribution in [0.3, 0.4) is 0 Å². The first-order chi connectivity index (χ1) is 14.0. The molecule has 0 bridgehead atoms. The number of amides is 2. The largest absolute Gasteiger partial charge is 0.322 e. The molecule has 0 saturated heterocycles. The van der Waals surface area contributed by atoms with Crippen molar-refractivity contribution in [3.63, 3.8) is 0 Å². The van der Waals surface area contributed by atoms with Crippen molar-refractivity contribution >= 4 is 23.2 Å². The Bertz CT molecular complexity index is 1080. The summed E-state index contributed by atoms with van der Waals surface area (Å²) in [5.74, 6) is -1.37. The second-order valence-electron chi connectivity index (χ2n) is 6.88. The Hall–Kier alpha value is -3.54. The zero-order valence-electron chi connectivity index (χ0n) is 15.5. The van der Waals surface area contributed by atoms with Gasteiger partial charge in [-0.15, -0.1) is 0 Å². The summed E-state index contributed by atoms with van der Waals surface area (Å²) in [5, 5.41) is 2.68. The van der Waals surface area contributed by atoms with Crippen molar-refractivity contribution in [2.24, 2.45) is 0 Å². The van der Waals surface area contributed by atoms with Gasteiger partial charge in [0, 0.05) is 29.0 Å². The number of hydrogen-bond donors (Lipinski definition) is 1. The third-order valence-corrected chi connectivity index (χ3v) is 4.88. The van der Waals surface area contributed by atoms with Gasteiger partial charge in [-0.1, -0.05) is 6.07 Å². The van der Waals surface area contributed by atoms with Crippen LogP contribution in [0, 0.1) is 11.6 Å². The van der Waals surface area contributed by atoms with Gasteiger partial charge < -0.3 is 10.2 Å². The van der Waals surface area contributed by atoms with Crippen molar-refractivity contribution in [3.05, 3.63) is 95.1 Å². The van der Waals surface area contributed by atoms with Crippen molar-refractivity contribution in [1.29, 1.82) is 0 Å². The Morgan fingerprint density at radius 1 is 0.862 bits per heavy atom. The summed E-state index contributed by atoms with van der Waals surface area (Å²) in [6, 6.07) is 16.3. The lowest BCUT2D eigenvalue weighted by Gasteiger charge is -2.30. The van der Waals surface area contributed by atoms with Crippen molar-refractivity contribution in [1.82, 2.24) is 0 Å². The average molecular weight is 392 g/mol. The number of hydrogen-bond acceptors (Lipinski definition) is 2. The van der Waals surface area contributed by atoms with Gasteiger partial charge in [0.05, 0.1) is 0 Å². The molecule has 0 aromatic heterocycles. The van der Waals surface area contributed by atoms with Gasteiger partial charge in [-0.2, -0.15) is 0 Å². The maximum atomic E-state index is 13.3. The number of aryl methyl sites for hydroxylation is 1. The highest BCUT2D eigenvalue weighted by Gasteiger charge is 2.24. The molecule has 0 atom stereocenters. The molecular formula is C23H18F2N2O2. The topological polar surface area (TPSA) is 49.4 Å². The molecule has 3 aromatic carbocycles. The van der Waals surface area contributed by atoms with Gasteiger partial charge in [0.15, 0.2) is 0 Å². The number of anilines is 2.